The Labute approximate surface area is 107 Å². The topological polar surface area (TPSA) is 51.6 Å². The fraction of sp³-hybridized carbons (Fsp3) is 0.429. The molecule has 2 heterocycles. The van der Waals surface area contributed by atoms with Crippen molar-refractivity contribution in [1.82, 2.24) is 20.2 Å². The molecule has 1 fully saturated rings. The van der Waals surface area contributed by atoms with Crippen LogP contribution in [-0.2, 0) is 0 Å². The minimum Gasteiger partial charge on any atom is -0.253 e. The van der Waals surface area contributed by atoms with Crippen LogP contribution in [0.1, 0.15) is 43.7 Å². The van der Waals surface area contributed by atoms with Crippen LogP contribution >= 0.6 is 0 Å². The molecule has 0 spiro atoms. The maximum atomic E-state index is 4.63. The van der Waals surface area contributed by atoms with Crippen LogP contribution in [0.25, 0.3) is 11.5 Å². The fourth-order valence-corrected chi connectivity index (χ4v) is 2.51. The van der Waals surface area contributed by atoms with Gasteiger partial charge in [0.2, 0.25) is 5.82 Å². The van der Waals surface area contributed by atoms with Gasteiger partial charge in [0, 0.05) is 12.1 Å². The van der Waals surface area contributed by atoms with E-state index in [-0.39, 0.29) is 0 Å². The molecule has 4 heteroatoms. The number of nitrogens with zero attached hydrogens (tertiary/aromatic N) is 4. The van der Waals surface area contributed by atoms with Crippen molar-refractivity contribution in [1.29, 1.82) is 0 Å². The molecule has 0 aliphatic heterocycles. The maximum absolute atomic E-state index is 4.63. The van der Waals surface area contributed by atoms with Crippen LogP contribution in [0.2, 0.25) is 0 Å². The highest BCUT2D eigenvalue weighted by Crippen LogP contribution is 2.31. The predicted octanol–water partition coefficient (Wildman–Crippen LogP) is 2.98. The Balaban J connectivity index is 1.89. The third-order valence-corrected chi connectivity index (χ3v) is 3.49. The first-order valence-electron chi connectivity index (χ1n) is 6.54. The Hall–Kier alpha value is -1.84. The smallest absolute Gasteiger partial charge is 0.200 e. The molecule has 2 aromatic heterocycles. The fourth-order valence-electron chi connectivity index (χ4n) is 2.51. The van der Waals surface area contributed by atoms with Gasteiger partial charge in [-0.15, -0.1) is 5.10 Å². The second-order valence-electron chi connectivity index (χ2n) is 4.75. The molecule has 1 aliphatic rings. The average molecular weight is 240 g/mol. The summed E-state index contributed by atoms with van der Waals surface area (Å²) in [5.74, 6) is 1.19. The van der Waals surface area contributed by atoms with E-state index in [9.17, 15) is 0 Å². The molecular weight excluding hydrogens is 224 g/mol. The molecule has 3 rings (SSSR count). The highest BCUT2D eigenvalue weighted by Gasteiger charge is 2.18. The quantitative estimate of drug-likeness (QED) is 0.809. The van der Waals surface area contributed by atoms with Crippen LogP contribution in [-0.4, -0.2) is 20.2 Å². The molecule has 0 radical (unpaired) electrons. The van der Waals surface area contributed by atoms with E-state index in [4.69, 9.17) is 0 Å². The highest BCUT2D eigenvalue weighted by atomic mass is 15.2. The molecule has 0 amide bonds. The zero-order valence-corrected chi connectivity index (χ0v) is 10.3. The van der Waals surface area contributed by atoms with E-state index in [2.05, 4.69) is 20.2 Å². The second-order valence-corrected chi connectivity index (χ2v) is 4.75. The highest BCUT2D eigenvalue weighted by molar-refractivity contribution is 5.47. The van der Waals surface area contributed by atoms with E-state index in [0.717, 1.165) is 11.4 Å². The third kappa shape index (κ3) is 2.37. The van der Waals surface area contributed by atoms with E-state index >= 15 is 0 Å². The Morgan fingerprint density at radius 1 is 1.06 bits per heavy atom. The Morgan fingerprint density at radius 2 is 1.94 bits per heavy atom. The predicted molar refractivity (Wildman–Crippen MR) is 68.9 cm³/mol. The van der Waals surface area contributed by atoms with Gasteiger partial charge >= 0.3 is 0 Å². The van der Waals surface area contributed by atoms with Gasteiger partial charge in [0.05, 0.1) is 11.9 Å². The first-order chi connectivity index (χ1) is 8.93. The molecule has 1 saturated carbocycles. The third-order valence-electron chi connectivity index (χ3n) is 3.49. The van der Waals surface area contributed by atoms with E-state index in [1.165, 1.54) is 32.1 Å². The molecule has 0 aromatic carbocycles. The van der Waals surface area contributed by atoms with Gasteiger partial charge in [-0.25, -0.2) is 4.98 Å². The van der Waals surface area contributed by atoms with Crippen molar-refractivity contribution in [3.05, 3.63) is 36.3 Å². The van der Waals surface area contributed by atoms with Gasteiger partial charge in [0.1, 0.15) is 5.69 Å². The molecule has 0 N–H and O–H groups in total. The van der Waals surface area contributed by atoms with Crippen LogP contribution in [0.15, 0.2) is 30.6 Å². The summed E-state index contributed by atoms with van der Waals surface area (Å²) in [5.41, 5.74) is 1.87. The summed E-state index contributed by atoms with van der Waals surface area (Å²) in [6, 6.07) is 5.75. The van der Waals surface area contributed by atoms with E-state index in [1.54, 1.807) is 6.20 Å². The molecule has 0 bridgehead atoms. The van der Waals surface area contributed by atoms with Crippen LogP contribution in [0.4, 0.5) is 0 Å². The Bertz CT molecular complexity index is 506. The van der Waals surface area contributed by atoms with Gasteiger partial charge in [-0.1, -0.05) is 25.3 Å². The second kappa shape index (κ2) is 5.21. The average Bonchev–Trinajstić information content (AvgIpc) is 2.49. The van der Waals surface area contributed by atoms with Crippen molar-refractivity contribution in [2.45, 2.75) is 38.0 Å². The maximum Gasteiger partial charge on any atom is 0.200 e. The minimum atomic E-state index is 0.553. The van der Waals surface area contributed by atoms with Gasteiger partial charge in [-0.2, -0.15) is 5.10 Å². The summed E-state index contributed by atoms with van der Waals surface area (Å²) in [6.45, 7) is 0. The monoisotopic (exact) mass is 240 g/mol. The summed E-state index contributed by atoms with van der Waals surface area (Å²) in [7, 11) is 0. The van der Waals surface area contributed by atoms with Gasteiger partial charge in [0.15, 0.2) is 0 Å². The lowest BCUT2D eigenvalue weighted by molar-refractivity contribution is 0.435. The molecule has 0 saturated heterocycles. The molecule has 0 unspecified atom stereocenters. The lowest BCUT2D eigenvalue weighted by atomic mass is 9.87. The van der Waals surface area contributed by atoms with Crippen LogP contribution in [0, 0.1) is 0 Å². The molecule has 2 aromatic rings. The van der Waals surface area contributed by atoms with Gasteiger partial charge in [-0.05, 0) is 25.0 Å². The summed E-state index contributed by atoms with van der Waals surface area (Å²) in [4.78, 5) is 8.90. The normalized spacial score (nSPS) is 16.7. The molecule has 92 valence electrons. The lowest BCUT2D eigenvalue weighted by Crippen LogP contribution is -2.08. The summed E-state index contributed by atoms with van der Waals surface area (Å²) in [5, 5.41) is 8.16. The van der Waals surface area contributed by atoms with Gasteiger partial charge < -0.3 is 0 Å². The molecule has 1 aliphatic carbocycles. The van der Waals surface area contributed by atoms with Crippen LogP contribution in [0.3, 0.4) is 0 Å². The van der Waals surface area contributed by atoms with Gasteiger partial charge in [-0.3, -0.25) is 4.98 Å². The van der Waals surface area contributed by atoms with E-state index in [0.29, 0.717) is 11.7 Å². The number of rotatable bonds is 2. The van der Waals surface area contributed by atoms with Crippen molar-refractivity contribution in [3.63, 3.8) is 0 Å². The zero-order valence-electron chi connectivity index (χ0n) is 10.3. The van der Waals surface area contributed by atoms with Crippen molar-refractivity contribution in [3.8, 4) is 11.5 Å². The molecule has 0 atom stereocenters. The number of hydrogen-bond acceptors (Lipinski definition) is 4. The number of pyridine rings is 1. The SMILES string of the molecule is c1ccc(-c2nncc(C3CCCCC3)n2)nc1. The van der Waals surface area contributed by atoms with E-state index < -0.39 is 0 Å². The number of hydrogen-bond donors (Lipinski definition) is 0. The van der Waals surface area contributed by atoms with Crippen molar-refractivity contribution < 1.29 is 0 Å². The van der Waals surface area contributed by atoms with Crippen LogP contribution < -0.4 is 0 Å². The van der Waals surface area contributed by atoms with Crippen molar-refractivity contribution in [2.75, 3.05) is 0 Å². The van der Waals surface area contributed by atoms with Gasteiger partial charge in [0.25, 0.3) is 0 Å². The van der Waals surface area contributed by atoms with E-state index in [1.807, 2.05) is 24.4 Å². The largest absolute Gasteiger partial charge is 0.253 e. The summed E-state index contributed by atoms with van der Waals surface area (Å²) < 4.78 is 0. The van der Waals surface area contributed by atoms with Crippen molar-refractivity contribution >= 4 is 0 Å². The summed E-state index contributed by atoms with van der Waals surface area (Å²) in [6.07, 6.45) is 9.96. The zero-order chi connectivity index (χ0) is 12.2. The Morgan fingerprint density at radius 3 is 2.72 bits per heavy atom. The molecular formula is C14H16N4. The molecule has 4 nitrogen and oxygen atoms in total. The first-order valence-corrected chi connectivity index (χ1v) is 6.54. The first kappa shape index (κ1) is 11.3. The minimum absolute atomic E-state index is 0.553. The Kier molecular flexibility index (Phi) is 3.26. The lowest BCUT2D eigenvalue weighted by Gasteiger charge is -2.20. The van der Waals surface area contributed by atoms with Crippen molar-refractivity contribution in [2.24, 2.45) is 0 Å². The standard InChI is InChI=1S/C14H16N4/c1-2-6-11(7-3-1)13-10-16-18-14(17-13)12-8-4-5-9-15-12/h4-5,8-11H,1-3,6-7H2. The molecule has 18 heavy (non-hydrogen) atoms. The van der Waals surface area contributed by atoms with Crippen LogP contribution in [0.5, 0.6) is 0 Å². The summed E-state index contributed by atoms with van der Waals surface area (Å²) >= 11 is 0. The number of aromatic nitrogens is 4.